The summed E-state index contributed by atoms with van der Waals surface area (Å²) in [5, 5.41) is 2.89. The molecular weight excluding hydrogens is 306 g/mol. The van der Waals surface area contributed by atoms with Gasteiger partial charge in [-0.15, -0.1) is 11.3 Å². The van der Waals surface area contributed by atoms with Crippen molar-refractivity contribution in [3.8, 4) is 0 Å². The lowest BCUT2D eigenvalue weighted by atomic mass is 10.1. The van der Waals surface area contributed by atoms with Gasteiger partial charge in [0.25, 0.3) is 0 Å². The average Bonchev–Trinajstić information content (AvgIpc) is 2.89. The molecule has 0 radical (unpaired) electrons. The van der Waals surface area contributed by atoms with E-state index in [-0.39, 0.29) is 24.5 Å². The van der Waals surface area contributed by atoms with Crippen molar-refractivity contribution in [2.24, 2.45) is 0 Å². The molecule has 3 nitrogen and oxygen atoms in total. The van der Waals surface area contributed by atoms with E-state index in [0.29, 0.717) is 6.54 Å². The van der Waals surface area contributed by atoms with Crippen LogP contribution in [0.5, 0.6) is 0 Å². The van der Waals surface area contributed by atoms with Gasteiger partial charge in [-0.2, -0.15) is 0 Å². The Morgan fingerprint density at radius 1 is 1.09 bits per heavy atom. The van der Waals surface area contributed by atoms with Gasteiger partial charge >= 0.3 is 0 Å². The summed E-state index contributed by atoms with van der Waals surface area (Å²) < 4.78 is 0. The van der Waals surface area contributed by atoms with E-state index in [1.165, 1.54) is 5.56 Å². The molecule has 1 aromatic carbocycles. The van der Waals surface area contributed by atoms with Gasteiger partial charge in [-0.1, -0.05) is 30.3 Å². The fraction of sp³-hybridized carbons (Fsp3) is 0.368. The van der Waals surface area contributed by atoms with E-state index >= 15 is 0 Å². The Balaban J connectivity index is 1.65. The Morgan fingerprint density at radius 2 is 1.83 bits per heavy atom. The molecule has 0 aliphatic carbocycles. The van der Waals surface area contributed by atoms with Crippen LogP contribution in [0.3, 0.4) is 0 Å². The third-order valence-electron chi connectivity index (χ3n) is 3.73. The minimum Gasteiger partial charge on any atom is -0.356 e. The molecule has 0 bridgehead atoms. The SMILES string of the molecule is Cc1cc(C(=O)CCC(=O)NCCCc2ccccc2)c(C)s1. The number of carbonyl (C=O) groups is 2. The van der Waals surface area contributed by atoms with Crippen LogP contribution in [-0.2, 0) is 11.2 Å². The highest BCUT2D eigenvalue weighted by atomic mass is 32.1. The summed E-state index contributed by atoms with van der Waals surface area (Å²) in [6, 6.07) is 12.1. The third kappa shape index (κ3) is 5.64. The molecule has 2 aromatic rings. The molecule has 0 aliphatic heterocycles. The van der Waals surface area contributed by atoms with Crippen LogP contribution < -0.4 is 5.32 Å². The zero-order chi connectivity index (χ0) is 16.7. The standard InChI is InChI=1S/C19H23NO2S/c1-14-13-17(15(2)23-14)18(21)10-11-19(22)20-12-6-9-16-7-4-3-5-8-16/h3-5,7-8,13H,6,9-12H2,1-2H3,(H,20,22). The molecule has 0 aliphatic rings. The van der Waals surface area contributed by atoms with Crippen molar-refractivity contribution < 1.29 is 9.59 Å². The van der Waals surface area contributed by atoms with Crippen molar-refractivity contribution in [2.75, 3.05) is 6.54 Å². The summed E-state index contributed by atoms with van der Waals surface area (Å²) in [6.45, 7) is 4.60. The monoisotopic (exact) mass is 329 g/mol. The predicted octanol–water partition coefficient (Wildman–Crippen LogP) is 4.08. The molecule has 0 fully saturated rings. The number of nitrogens with one attached hydrogen (secondary N) is 1. The molecule has 122 valence electrons. The lowest BCUT2D eigenvalue weighted by Gasteiger charge is -2.05. The van der Waals surface area contributed by atoms with Gasteiger partial charge in [0.05, 0.1) is 0 Å². The number of hydrogen-bond donors (Lipinski definition) is 1. The van der Waals surface area contributed by atoms with Crippen molar-refractivity contribution in [1.82, 2.24) is 5.32 Å². The van der Waals surface area contributed by atoms with Crippen LogP contribution >= 0.6 is 11.3 Å². The van der Waals surface area contributed by atoms with Gasteiger partial charge in [0.1, 0.15) is 0 Å². The molecule has 0 spiro atoms. The first-order valence-corrected chi connectivity index (χ1v) is 8.79. The number of Topliss-reactive ketones (excluding diaryl/α,β-unsaturated/α-hetero) is 1. The van der Waals surface area contributed by atoms with Gasteiger partial charge in [0.15, 0.2) is 5.78 Å². The topological polar surface area (TPSA) is 46.2 Å². The van der Waals surface area contributed by atoms with Crippen LogP contribution in [0.2, 0.25) is 0 Å². The second kappa shape index (κ2) is 8.63. The fourth-order valence-corrected chi connectivity index (χ4v) is 3.47. The van der Waals surface area contributed by atoms with Crippen molar-refractivity contribution in [3.63, 3.8) is 0 Å². The summed E-state index contributed by atoms with van der Waals surface area (Å²) in [4.78, 5) is 26.1. The minimum absolute atomic E-state index is 0.0454. The molecule has 0 saturated carbocycles. The largest absolute Gasteiger partial charge is 0.356 e. The Labute approximate surface area is 141 Å². The third-order valence-corrected chi connectivity index (χ3v) is 4.69. The molecule has 0 saturated heterocycles. The zero-order valence-electron chi connectivity index (χ0n) is 13.7. The lowest BCUT2D eigenvalue weighted by molar-refractivity contribution is -0.121. The van der Waals surface area contributed by atoms with E-state index in [2.05, 4.69) is 17.4 Å². The highest BCUT2D eigenvalue weighted by Crippen LogP contribution is 2.22. The summed E-state index contributed by atoms with van der Waals surface area (Å²) >= 11 is 1.63. The van der Waals surface area contributed by atoms with Crippen LogP contribution in [0.15, 0.2) is 36.4 Å². The average molecular weight is 329 g/mol. The summed E-state index contributed by atoms with van der Waals surface area (Å²) in [6.07, 6.45) is 2.40. The smallest absolute Gasteiger partial charge is 0.220 e. The molecule has 1 aromatic heterocycles. The Bertz CT molecular complexity index is 661. The van der Waals surface area contributed by atoms with Crippen molar-refractivity contribution in [3.05, 3.63) is 57.3 Å². The summed E-state index contributed by atoms with van der Waals surface area (Å²) in [5.41, 5.74) is 2.05. The maximum Gasteiger partial charge on any atom is 0.220 e. The lowest BCUT2D eigenvalue weighted by Crippen LogP contribution is -2.25. The minimum atomic E-state index is -0.0454. The zero-order valence-corrected chi connectivity index (χ0v) is 14.5. The second-order valence-electron chi connectivity index (χ2n) is 5.69. The first-order valence-electron chi connectivity index (χ1n) is 7.97. The van der Waals surface area contributed by atoms with E-state index in [1.807, 2.05) is 38.1 Å². The van der Waals surface area contributed by atoms with Gasteiger partial charge in [-0.25, -0.2) is 0 Å². The van der Waals surface area contributed by atoms with E-state index in [1.54, 1.807) is 11.3 Å². The van der Waals surface area contributed by atoms with E-state index in [4.69, 9.17) is 0 Å². The molecule has 0 atom stereocenters. The maximum absolute atomic E-state index is 12.1. The van der Waals surface area contributed by atoms with Crippen LogP contribution in [0.1, 0.15) is 44.9 Å². The van der Waals surface area contributed by atoms with Crippen molar-refractivity contribution in [2.45, 2.75) is 39.5 Å². The summed E-state index contributed by atoms with van der Waals surface area (Å²) in [5.74, 6) is 0.0160. The number of aryl methyl sites for hydroxylation is 3. The van der Waals surface area contributed by atoms with Crippen LogP contribution in [-0.4, -0.2) is 18.2 Å². The van der Waals surface area contributed by atoms with Crippen molar-refractivity contribution in [1.29, 1.82) is 0 Å². The fourth-order valence-electron chi connectivity index (χ4n) is 2.52. The quantitative estimate of drug-likeness (QED) is 0.586. The van der Waals surface area contributed by atoms with Gasteiger partial charge < -0.3 is 5.32 Å². The number of carbonyl (C=O) groups excluding carboxylic acids is 2. The first-order chi connectivity index (χ1) is 11.1. The molecule has 1 N–H and O–H groups in total. The molecule has 0 unspecified atom stereocenters. The Morgan fingerprint density at radius 3 is 2.48 bits per heavy atom. The number of ketones is 1. The molecule has 4 heteroatoms. The van der Waals surface area contributed by atoms with Gasteiger partial charge in [0, 0.05) is 34.7 Å². The number of amides is 1. The van der Waals surface area contributed by atoms with Crippen LogP contribution in [0.4, 0.5) is 0 Å². The van der Waals surface area contributed by atoms with Gasteiger partial charge in [-0.3, -0.25) is 9.59 Å². The molecule has 2 rings (SSSR count). The van der Waals surface area contributed by atoms with E-state index in [9.17, 15) is 9.59 Å². The highest BCUT2D eigenvalue weighted by Gasteiger charge is 2.13. The molecular formula is C19H23NO2S. The number of benzene rings is 1. The van der Waals surface area contributed by atoms with Gasteiger partial charge in [0.2, 0.25) is 5.91 Å². The van der Waals surface area contributed by atoms with Crippen LogP contribution in [0, 0.1) is 13.8 Å². The number of thiophene rings is 1. The number of hydrogen-bond acceptors (Lipinski definition) is 3. The summed E-state index contributed by atoms with van der Waals surface area (Å²) in [7, 11) is 0. The second-order valence-corrected chi connectivity index (χ2v) is 7.15. The van der Waals surface area contributed by atoms with Gasteiger partial charge in [-0.05, 0) is 38.3 Å². The molecule has 23 heavy (non-hydrogen) atoms. The van der Waals surface area contributed by atoms with E-state index in [0.717, 1.165) is 28.2 Å². The molecule has 1 heterocycles. The maximum atomic E-state index is 12.1. The van der Waals surface area contributed by atoms with Crippen molar-refractivity contribution >= 4 is 23.0 Å². The first kappa shape index (κ1) is 17.4. The van der Waals surface area contributed by atoms with Crippen LogP contribution in [0.25, 0.3) is 0 Å². The Hall–Kier alpha value is -1.94. The normalized spacial score (nSPS) is 10.5. The Kier molecular flexibility index (Phi) is 6.53. The highest BCUT2D eigenvalue weighted by molar-refractivity contribution is 7.12. The van der Waals surface area contributed by atoms with E-state index < -0.39 is 0 Å². The predicted molar refractivity (Wildman–Crippen MR) is 95.1 cm³/mol. The number of rotatable bonds is 8. The molecule has 1 amide bonds.